The molecule has 3 heteroatoms. The van der Waals surface area contributed by atoms with Crippen molar-refractivity contribution in [2.75, 3.05) is 22.3 Å². The van der Waals surface area contributed by atoms with Gasteiger partial charge in [-0.05, 0) is 209 Å². The Kier molecular flexibility index (Phi) is 11.8. The van der Waals surface area contributed by atoms with Crippen LogP contribution in [-0.2, 0) is 10.8 Å². The predicted octanol–water partition coefficient (Wildman–Crippen LogP) is 22.3. The molecule has 0 aromatic heterocycles. The molecule has 12 aromatic carbocycles. The zero-order chi connectivity index (χ0) is 56.2. The van der Waals surface area contributed by atoms with Gasteiger partial charge in [0.1, 0.15) is 0 Å². The SMILES string of the molecule is CC1(C)c2cc(C=Cc3ccc4c(c3)-c3cc(C=Cc5ccc6c(c5)C(C)(C)c5cc(N(c7ccccc7)c7ccc8ccccc8c7)ccc5-6)ccc3S4(C)C)ccc2-c2ccc(N(c3ccccc3)c3ccc4ccccc4c3)cc21. The van der Waals surface area contributed by atoms with Crippen LogP contribution in [0.15, 0.2) is 265 Å². The Bertz CT molecular complexity index is 4360. The summed E-state index contributed by atoms with van der Waals surface area (Å²) in [5.74, 6) is 0. The molecular formula is C80H64N2S. The Hall–Kier alpha value is -9.41. The third kappa shape index (κ3) is 8.48. The van der Waals surface area contributed by atoms with Crippen LogP contribution in [0.1, 0.15) is 72.2 Å². The van der Waals surface area contributed by atoms with Crippen LogP contribution in [0.25, 0.3) is 79.2 Å². The lowest BCUT2D eigenvalue weighted by Crippen LogP contribution is -2.16. The monoisotopic (exact) mass is 1080 g/mol. The molecule has 0 saturated carbocycles. The average Bonchev–Trinajstić information content (AvgIpc) is 3.42. The van der Waals surface area contributed by atoms with Gasteiger partial charge in [-0.3, -0.25) is 0 Å². The van der Waals surface area contributed by atoms with Gasteiger partial charge in [-0.2, -0.15) is 10.0 Å². The summed E-state index contributed by atoms with van der Waals surface area (Å²) in [6.07, 6.45) is 14.1. The first kappa shape index (κ1) is 50.5. The molecule has 0 radical (unpaired) electrons. The number of benzene rings is 12. The van der Waals surface area contributed by atoms with E-state index >= 15 is 0 Å². The molecule has 0 fully saturated rings. The van der Waals surface area contributed by atoms with Crippen molar-refractivity contribution in [1.29, 1.82) is 0 Å². The Labute approximate surface area is 490 Å². The molecule has 0 N–H and O–H groups in total. The summed E-state index contributed by atoms with van der Waals surface area (Å²) < 4.78 is 0. The van der Waals surface area contributed by atoms with Crippen molar-refractivity contribution in [3.05, 3.63) is 299 Å². The maximum Gasteiger partial charge on any atom is 0.0468 e. The standard InChI is InChI=1S/C80H64N2S/c1-79(2)73-47-55(29-39-67(73)69-41-37-65(51-75(69)79)81(61-21-9-7-10-22-61)63-35-33-57-17-13-15-19-59(57)49-63)27-25-53-31-43-77-71(45-53)72-46-54(32-44-78(72)83(77,5)6)26-28-56-30-40-68-70-42-38-66(52-76(70)80(3,4)74(68)48-56)82(62-23-11-8-12-24-62)64-36-34-58-18-14-16-20-60(58)50-64/h7-52H,1-6H3. The molecule has 15 rings (SSSR count). The van der Waals surface area contributed by atoms with E-state index in [2.05, 4.69) is 329 Å². The third-order valence-electron chi connectivity index (χ3n) is 18.2. The minimum atomic E-state index is -1.18. The first-order valence-corrected chi connectivity index (χ1v) is 31.5. The maximum atomic E-state index is 2.45. The van der Waals surface area contributed by atoms with Gasteiger partial charge in [-0.15, -0.1) is 0 Å². The fourth-order valence-corrected chi connectivity index (χ4v) is 16.3. The molecular weight excluding hydrogens is 1020 g/mol. The molecule has 1 aliphatic heterocycles. The lowest BCUT2D eigenvalue weighted by Gasteiger charge is -2.28. The molecule has 83 heavy (non-hydrogen) atoms. The Morgan fingerprint density at radius 2 is 0.578 bits per heavy atom. The van der Waals surface area contributed by atoms with Crippen LogP contribution >= 0.6 is 10.0 Å². The van der Waals surface area contributed by atoms with Crippen molar-refractivity contribution < 1.29 is 0 Å². The molecule has 0 unspecified atom stereocenters. The Morgan fingerprint density at radius 1 is 0.265 bits per heavy atom. The summed E-state index contributed by atoms with van der Waals surface area (Å²) in [5.41, 5.74) is 24.8. The van der Waals surface area contributed by atoms with Gasteiger partial charge < -0.3 is 9.80 Å². The summed E-state index contributed by atoms with van der Waals surface area (Å²) in [6, 6.07) is 94.8. The fourth-order valence-electron chi connectivity index (χ4n) is 13.8. The summed E-state index contributed by atoms with van der Waals surface area (Å²) in [6.45, 7) is 9.55. The molecule has 0 amide bonds. The molecule has 1 heterocycles. The zero-order valence-corrected chi connectivity index (χ0v) is 48.7. The minimum absolute atomic E-state index is 0.187. The highest BCUT2D eigenvalue weighted by molar-refractivity contribution is 8.33. The van der Waals surface area contributed by atoms with Gasteiger partial charge in [0.2, 0.25) is 0 Å². The minimum Gasteiger partial charge on any atom is -0.310 e. The van der Waals surface area contributed by atoms with E-state index < -0.39 is 10.0 Å². The molecule has 3 aliphatic rings. The van der Waals surface area contributed by atoms with E-state index in [1.165, 1.54) is 109 Å². The van der Waals surface area contributed by atoms with Crippen molar-refractivity contribution in [1.82, 2.24) is 0 Å². The van der Waals surface area contributed by atoms with E-state index in [1.54, 1.807) is 0 Å². The van der Waals surface area contributed by atoms with Crippen molar-refractivity contribution in [3.63, 3.8) is 0 Å². The topological polar surface area (TPSA) is 6.48 Å². The van der Waals surface area contributed by atoms with Gasteiger partial charge in [0.15, 0.2) is 0 Å². The van der Waals surface area contributed by atoms with Crippen LogP contribution in [0.5, 0.6) is 0 Å². The molecule has 0 saturated heterocycles. The highest BCUT2D eigenvalue weighted by Crippen LogP contribution is 2.67. The molecule has 400 valence electrons. The molecule has 0 bridgehead atoms. The van der Waals surface area contributed by atoms with Crippen molar-refractivity contribution in [2.45, 2.75) is 48.3 Å². The molecule has 2 aliphatic carbocycles. The van der Waals surface area contributed by atoms with Gasteiger partial charge in [0.25, 0.3) is 0 Å². The van der Waals surface area contributed by atoms with E-state index in [9.17, 15) is 0 Å². The number of para-hydroxylation sites is 2. The highest BCUT2D eigenvalue weighted by atomic mass is 32.3. The van der Waals surface area contributed by atoms with E-state index in [1.807, 2.05) is 0 Å². The number of anilines is 6. The second-order valence-electron chi connectivity index (χ2n) is 24.2. The Morgan fingerprint density at radius 3 is 0.988 bits per heavy atom. The zero-order valence-electron chi connectivity index (χ0n) is 47.9. The van der Waals surface area contributed by atoms with Crippen LogP contribution in [0.2, 0.25) is 0 Å². The normalized spacial score (nSPS) is 15.0. The molecule has 0 spiro atoms. The number of hydrogen-bond acceptors (Lipinski definition) is 2. The van der Waals surface area contributed by atoms with Crippen molar-refractivity contribution >= 4 is 90.0 Å². The third-order valence-corrected chi connectivity index (χ3v) is 21.1. The van der Waals surface area contributed by atoms with Crippen LogP contribution in [0.3, 0.4) is 0 Å². The fraction of sp³-hybridized carbons (Fsp3) is 0.100. The van der Waals surface area contributed by atoms with Crippen molar-refractivity contribution in [2.24, 2.45) is 0 Å². The van der Waals surface area contributed by atoms with Gasteiger partial charge in [-0.1, -0.05) is 210 Å². The largest absolute Gasteiger partial charge is 0.310 e. The van der Waals surface area contributed by atoms with E-state index in [0.717, 1.165) is 34.1 Å². The number of rotatable bonds is 10. The lowest BCUT2D eigenvalue weighted by molar-refractivity contribution is 0.660. The first-order valence-electron chi connectivity index (χ1n) is 29.0. The van der Waals surface area contributed by atoms with Gasteiger partial charge >= 0.3 is 0 Å². The molecule has 12 aromatic rings. The maximum absolute atomic E-state index is 2.45. The second-order valence-corrected chi connectivity index (χ2v) is 27.8. The number of fused-ring (bicyclic) bond motifs is 11. The average molecular weight is 1090 g/mol. The summed E-state index contributed by atoms with van der Waals surface area (Å²) in [5, 5.41) is 4.95. The van der Waals surface area contributed by atoms with Gasteiger partial charge in [-0.25, -0.2) is 0 Å². The van der Waals surface area contributed by atoms with E-state index in [0.29, 0.717) is 0 Å². The van der Waals surface area contributed by atoms with Crippen LogP contribution < -0.4 is 9.80 Å². The molecule has 0 atom stereocenters. The highest BCUT2D eigenvalue weighted by Gasteiger charge is 2.38. The summed E-state index contributed by atoms with van der Waals surface area (Å²) >= 11 is 0. The van der Waals surface area contributed by atoms with E-state index in [4.69, 9.17) is 0 Å². The summed E-state index contributed by atoms with van der Waals surface area (Å²) in [7, 11) is -1.18. The summed E-state index contributed by atoms with van der Waals surface area (Å²) in [4.78, 5) is 7.71. The smallest absolute Gasteiger partial charge is 0.0468 e. The lowest BCUT2D eigenvalue weighted by atomic mass is 9.81. The Balaban J connectivity index is 0.688. The second kappa shape index (κ2) is 19.4. The number of nitrogens with zero attached hydrogens (tertiary/aromatic N) is 2. The van der Waals surface area contributed by atoms with Crippen LogP contribution in [-0.4, -0.2) is 12.5 Å². The number of hydrogen-bond donors (Lipinski definition) is 0. The van der Waals surface area contributed by atoms with Crippen LogP contribution in [0, 0.1) is 0 Å². The van der Waals surface area contributed by atoms with Crippen molar-refractivity contribution in [3.8, 4) is 33.4 Å². The predicted molar refractivity (Wildman–Crippen MR) is 358 cm³/mol. The van der Waals surface area contributed by atoms with Gasteiger partial charge in [0.05, 0.1) is 0 Å². The first-order chi connectivity index (χ1) is 40.4. The quantitative estimate of drug-likeness (QED) is 0.126. The van der Waals surface area contributed by atoms with E-state index in [-0.39, 0.29) is 10.8 Å². The van der Waals surface area contributed by atoms with Gasteiger partial charge in [0, 0.05) is 54.7 Å². The van der Waals surface area contributed by atoms with Crippen LogP contribution in [0.4, 0.5) is 34.1 Å². The molecule has 2 nitrogen and oxygen atoms in total.